The Morgan fingerprint density at radius 2 is 2.04 bits per heavy atom. The lowest BCUT2D eigenvalue weighted by Gasteiger charge is -2.05. The van der Waals surface area contributed by atoms with Gasteiger partial charge < -0.3 is 5.32 Å². The van der Waals surface area contributed by atoms with Gasteiger partial charge in [-0.15, -0.1) is 0 Å². The first-order chi connectivity index (χ1) is 11.5. The van der Waals surface area contributed by atoms with Crippen LogP contribution in [-0.4, -0.2) is 20.7 Å². The van der Waals surface area contributed by atoms with Gasteiger partial charge in [-0.05, 0) is 36.4 Å². The fourth-order valence-electron chi connectivity index (χ4n) is 2.31. The van der Waals surface area contributed by atoms with Gasteiger partial charge in [0.25, 0.3) is 5.91 Å². The first kappa shape index (κ1) is 16.5. The summed E-state index contributed by atoms with van der Waals surface area (Å²) in [5.41, 5.74) is 2.81. The molecule has 2 aromatic heterocycles. The largest absolute Gasteiger partial charge is 0.346 e. The average Bonchev–Trinajstić information content (AvgIpc) is 2.94. The standard InChI is InChI=1S/C17H14Cl2N4O/c1-23-16(15-4-2-3-7-20-15)9-12(22-23)10-21-17(24)13-6-5-11(18)8-14(13)19/h2-9H,10H2,1H3,(H,21,24). The maximum absolute atomic E-state index is 12.2. The van der Waals surface area contributed by atoms with Crippen molar-refractivity contribution >= 4 is 29.1 Å². The van der Waals surface area contributed by atoms with Crippen LogP contribution in [-0.2, 0) is 13.6 Å². The highest BCUT2D eigenvalue weighted by molar-refractivity contribution is 6.36. The SMILES string of the molecule is Cn1nc(CNC(=O)c2ccc(Cl)cc2Cl)cc1-c1ccccn1. The molecule has 1 amide bonds. The van der Waals surface area contributed by atoms with Gasteiger partial charge in [0.1, 0.15) is 0 Å². The highest BCUT2D eigenvalue weighted by atomic mass is 35.5. The summed E-state index contributed by atoms with van der Waals surface area (Å²) in [5.74, 6) is -0.276. The lowest BCUT2D eigenvalue weighted by Crippen LogP contribution is -2.23. The molecule has 1 aromatic carbocycles. The maximum Gasteiger partial charge on any atom is 0.253 e. The van der Waals surface area contributed by atoms with Gasteiger partial charge in [0.05, 0.1) is 34.2 Å². The van der Waals surface area contributed by atoms with E-state index in [1.54, 1.807) is 23.0 Å². The smallest absolute Gasteiger partial charge is 0.253 e. The zero-order chi connectivity index (χ0) is 17.1. The summed E-state index contributed by atoms with van der Waals surface area (Å²) in [6.45, 7) is 0.290. The molecule has 0 spiro atoms. The molecule has 0 aliphatic rings. The predicted octanol–water partition coefficient (Wildman–Crippen LogP) is 3.72. The van der Waals surface area contributed by atoms with Gasteiger partial charge in [-0.25, -0.2) is 0 Å². The summed E-state index contributed by atoms with van der Waals surface area (Å²) in [7, 11) is 1.84. The molecule has 5 nitrogen and oxygen atoms in total. The van der Waals surface area contributed by atoms with Crippen molar-refractivity contribution in [3.05, 3.63) is 70.0 Å². The Morgan fingerprint density at radius 3 is 2.75 bits per heavy atom. The van der Waals surface area contributed by atoms with E-state index in [1.807, 2.05) is 31.3 Å². The van der Waals surface area contributed by atoms with E-state index in [4.69, 9.17) is 23.2 Å². The quantitative estimate of drug-likeness (QED) is 0.771. The second kappa shape index (κ2) is 7.03. The van der Waals surface area contributed by atoms with Crippen molar-refractivity contribution < 1.29 is 4.79 Å². The third-order valence-electron chi connectivity index (χ3n) is 3.46. The number of carbonyl (C=O) groups excluding carboxylic acids is 1. The van der Waals surface area contributed by atoms with Crippen molar-refractivity contribution in [2.24, 2.45) is 7.05 Å². The van der Waals surface area contributed by atoms with Crippen LogP contribution in [0.1, 0.15) is 16.1 Å². The topological polar surface area (TPSA) is 59.8 Å². The van der Waals surface area contributed by atoms with E-state index in [1.165, 1.54) is 6.07 Å². The van der Waals surface area contributed by atoms with Gasteiger partial charge >= 0.3 is 0 Å². The van der Waals surface area contributed by atoms with E-state index < -0.39 is 0 Å². The van der Waals surface area contributed by atoms with Crippen LogP contribution in [0.2, 0.25) is 10.0 Å². The molecule has 0 radical (unpaired) electrons. The fraction of sp³-hybridized carbons (Fsp3) is 0.118. The number of benzene rings is 1. The second-order valence-electron chi connectivity index (χ2n) is 5.17. The second-order valence-corrected chi connectivity index (χ2v) is 6.01. The maximum atomic E-state index is 12.2. The summed E-state index contributed by atoms with van der Waals surface area (Å²) < 4.78 is 1.74. The summed E-state index contributed by atoms with van der Waals surface area (Å²) >= 11 is 11.9. The van der Waals surface area contributed by atoms with Crippen molar-refractivity contribution in [3.63, 3.8) is 0 Å². The first-order valence-corrected chi connectivity index (χ1v) is 7.98. The molecule has 1 N–H and O–H groups in total. The molecule has 24 heavy (non-hydrogen) atoms. The lowest BCUT2D eigenvalue weighted by atomic mass is 10.2. The van der Waals surface area contributed by atoms with E-state index in [-0.39, 0.29) is 5.91 Å². The molecule has 0 unspecified atom stereocenters. The molecular weight excluding hydrogens is 347 g/mol. The van der Waals surface area contributed by atoms with Gasteiger partial charge in [0.2, 0.25) is 0 Å². The minimum Gasteiger partial charge on any atom is -0.346 e. The van der Waals surface area contributed by atoms with E-state index >= 15 is 0 Å². The van der Waals surface area contributed by atoms with Gasteiger partial charge in [-0.3, -0.25) is 14.5 Å². The van der Waals surface area contributed by atoms with Crippen LogP contribution in [0.15, 0.2) is 48.7 Å². The van der Waals surface area contributed by atoms with Crippen LogP contribution in [0.25, 0.3) is 11.4 Å². The molecule has 3 rings (SSSR count). The molecule has 122 valence electrons. The van der Waals surface area contributed by atoms with Gasteiger partial charge in [-0.2, -0.15) is 5.10 Å². The molecule has 7 heteroatoms. The molecule has 0 saturated carbocycles. The zero-order valence-electron chi connectivity index (χ0n) is 12.8. The lowest BCUT2D eigenvalue weighted by molar-refractivity contribution is 0.0950. The van der Waals surface area contributed by atoms with E-state index in [9.17, 15) is 4.79 Å². The normalized spacial score (nSPS) is 10.6. The van der Waals surface area contributed by atoms with Gasteiger partial charge in [-0.1, -0.05) is 29.3 Å². The van der Waals surface area contributed by atoms with Crippen LogP contribution in [0.3, 0.4) is 0 Å². The van der Waals surface area contributed by atoms with Crippen LogP contribution < -0.4 is 5.32 Å². The summed E-state index contributed by atoms with van der Waals surface area (Å²) in [6, 6.07) is 12.3. The molecule has 0 fully saturated rings. The number of carbonyl (C=O) groups is 1. The summed E-state index contributed by atoms with van der Waals surface area (Å²) in [6.07, 6.45) is 1.73. The van der Waals surface area contributed by atoms with Gasteiger partial charge in [0, 0.05) is 18.3 Å². The Hall–Kier alpha value is -2.37. The number of hydrogen-bond acceptors (Lipinski definition) is 3. The molecular formula is C17H14Cl2N4O. The number of hydrogen-bond donors (Lipinski definition) is 1. The minimum absolute atomic E-state index is 0.276. The van der Waals surface area contributed by atoms with E-state index in [2.05, 4.69) is 15.4 Å². The number of amides is 1. The van der Waals surface area contributed by atoms with Crippen molar-refractivity contribution in [1.82, 2.24) is 20.1 Å². The van der Waals surface area contributed by atoms with Crippen molar-refractivity contribution in [1.29, 1.82) is 0 Å². The third-order valence-corrected chi connectivity index (χ3v) is 4.01. The van der Waals surface area contributed by atoms with Crippen molar-refractivity contribution in [2.45, 2.75) is 6.54 Å². The van der Waals surface area contributed by atoms with E-state index in [0.717, 1.165) is 17.1 Å². The third kappa shape index (κ3) is 3.58. The molecule has 2 heterocycles. The number of halogens is 2. The van der Waals surface area contributed by atoms with Crippen LogP contribution in [0.5, 0.6) is 0 Å². The Balaban J connectivity index is 1.72. The number of aromatic nitrogens is 3. The number of nitrogens with one attached hydrogen (secondary N) is 1. The number of nitrogens with zero attached hydrogens (tertiary/aromatic N) is 3. The molecule has 0 saturated heterocycles. The highest BCUT2D eigenvalue weighted by Gasteiger charge is 2.13. The van der Waals surface area contributed by atoms with Crippen LogP contribution >= 0.6 is 23.2 Å². The number of aryl methyl sites for hydroxylation is 1. The zero-order valence-corrected chi connectivity index (χ0v) is 14.3. The number of pyridine rings is 1. The highest BCUT2D eigenvalue weighted by Crippen LogP contribution is 2.21. The average molecular weight is 361 g/mol. The Kier molecular flexibility index (Phi) is 4.83. The number of rotatable bonds is 4. The Morgan fingerprint density at radius 1 is 1.21 bits per heavy atom. The molecule has 0 aliphatic carbocycles. The predicted molar refractivity (Wildman–Crippen MR) is 94.1 cm³/mol. The van der Waals surface area contributed by atoms with Crippen molar-refractivity contribution in [2.75, 3.05) is 0 Å². The first-order valence-electron chi connectivity index (χ1n) is 7.22. The van der Waals surface area contributed by atoms with Crippen LogP contribution in [0, 0.1) is 0 Å². The Labute approximate surface area is 149 Å². The summed E-state index contributed by atoms with van der Waals surface area (Å²) in [5, 5.41) is 8.00. The fourth-order valence-corrected chi connectivity index (χ4v) is 2.80. The van der Waals surface area contributed by atoms with Gasteiger partial charge in [0.15, 0.2) is 0 Å². The molecule has 0 atom stereocenters. The molecule has 0 bridgehead atoms. The van der Waals surface area contributed by atoms with E-state index in [0.29, 0.717) is 22.2 Å². The van der Waals surface area contributed by atoms with Crippen molar-refractivity contribution in [3.8, 4) is 11.4 Å². The molecule has 0 aliphatic heterocycles. The molecule has 3 aromatic rings. The monoisotopic (exact) mass is 360 g/mol. The summed E-state index contributed by atoms with van der Waals surface area (Å²) in [4.78, 5) is 16.5. The minimum atomic E-state index is -0.276. The van der Waals surface area contributed by atoms with Crippen LogP contribution in [0.4, 0.5) is 0 Å². The Bertz CT molecular complexity index is 878.